The zero-order valence-electron chi connectivity index (χ0n) is 14.6. The van der Waals surface area contributed by atoms with E-state index in [0.717, 1.165) is 0 Å². The molecule has 142 valence electrons. The lowest BCUT2D eigenvalue weighted by molar-refractivity contribution is -0.140. The predicted octanol–water partition coefficient (Wildman–Crippen LogP) is 2.28. The maximum absolute atomic E-state index is 12.1. The third kappa shape index (κ3) is 7.56. The van der Waals surface area contributed by atoms with Gasteiger partial charge < -0.3 is 19.9 Å². The van der Waals surface area contributed by atoms with Gasteiger partial charge in [0.05, 0.1) is 5.56 Å². The van der Waals surface area contributed by atoms with Crippen molar-refractivity contribution in [1.29, 1.82) is 0 Å². The second-order valence-electron chi connectivity index (χ2n) is 5.65. The summed E-state index contributed by atoms with van der Waals surface area (Å²) in [6, 6.07) is 7.02. The van der Waals surface area contributed by atoms with E-state index in [-0.39, 0.29) is 11.7 Å². The molecule has 0 bridgehead atoms. The highest BCUT2D eigenvalue weighted by atomic mass is 32.2. The van der Waals surface area contributed by atoms with Gasteiger partial charge in [-0.1, -0.05) is 32.0 Å². The van der Waals surface area contributed by atoms with Crippen LogP contribution >= 0.6 is 11.8 Å². The molecule has 0 aliphatic carbocycles. The molecule has 26 heavy (non-hydrogen) atoms. The number of carboxylic acids is 1. The van der Waals surface area contributed by atoms with Gasteiger partial charge in [0.2, 0.25) is 5.91 Å². The Hall–Kier alpha value is -2.55. The largest absolute Gasteiger partial charge is 0.480 e. The molecule has 0 saturated heterocycles. The van der Waals surface area contributed by atoms with Crippen LogP contribution in [0.5, 0.6) is 0 Å². The summed E-state index contributed by atoms with van der Waals surface area (Å²) in [6.45, 7) is 4.59. The lowest BCUT2D eigenvalue weighted by Gasteiger charge is -2.21. The summed E-state index contributed by atoms with van der Waals surface area (Å²) in [7, 11) is 0. The maximum atomic E-state index is 12.1. The number of carboxylic acid groups (broad SMARTS) is 1. The van der Waals surface area contributed by atoms with Crippen LogP contribution in [0.15, 0.2) is 30.3 Å². The molecule has 9 heteroatoms. The molecule has 1 aromatic carbocycles. The van der Waals surface area contributed by atoms with Crippen LogP contribution in [0.4, 0.5) is 4.79 Å². The fourth-order valence-electron chi connectivity index (χ4n) is 1.74. The molecule has 0 saturated carbocycles. The molecule has 0 aliphatic rings. The molecule has 0 spiro atoms. The van der Waals surface area contributed by atoms with Crippen molar-refractivity contribution in [2.45, 2.75) is 33.1 Å². The molecule has 0 unspecified atom stereocenters. The third-order valence-electron chi connectivity index (χ3n) is 3.03. The van der Waals surface area contributed by atoms with Crippen LogP contribution in [0, 0.1) is 5.92 Å². The molecule has 0 heterocycles. The Labute approximate surface area is 155 Å². The van der Waals surface area contributed by atoms with Crippen LogP contribution < -0.4 is 5.32 Å². The van der Waals surface area contributed by atoms with Gasteiger partial charge in [0, 0.05) is 18.6 Å². The number of aliphatic carboxylic acids is 1. The molecule has 2 atom stereocenters. The normalized spacial score (nSPS) is 12.8. The summed E-state index contributed by atoms with van der Waals surface area (Å²) < 4.78 is 10.3. The zero-order chi connectivity index (χ0) is 19.7. The van der Waals surface area contributed by atoms with E-state index in [1.54, 1.807) is 44.2 Å². The van der Waals surface area contributed by atoms with Crippen LogP contribution in [-0.4, -0.2) is 46.3 Å². The molecule has 1 rings (SSSR count). The number of amides is 1. The number of carbonyl (C=O) groups is 4. The van der Waals surface area contributed by atoms with E-state index in [4.69, 9.17) is 14.6 Å². The van der Waals surface area contributed by atoms with E-state index >= 15 is 0 Å². The lowest BCUT2D eigenvalue weighted by Crippen LogP contribution is -2.41. The van der Waals surface area contributed by atoms with E-state index in [9.17, 15) is 19.2 Å². The van der Waals surface area contributed by atoms with Crippen molar-refractivity contribution >= 4 is 34.9 Å². The summed E-state index contributed by atoms with van der Waals surface area (Å²) in [4.78, 5) is 46.0. The van der Waals surface area contributed by atoms with Gasteiger partial charge >= 0.3 is 17.2 Å². The van der Waals surface area contributed by atoms with Gasteiger partial charge in [0.15, 0.2) is 0 Å². The second-order valence-corrected chi connectivity index (χ2v) is 6.61. The van der Waals surface area contributed by atoms with Crippen molar-refractivity contribution in [2.24, 2.45) is 5.92 Å². The number of esters is 1. The fourth-order valence-corrected chi connectivity index (χ4v) is 2.44. The second kappa shape index (κ2) is 10.4. The smallest absolute Gasteiger partial charge is 0.370 e. The predicted molar refractivity (Wildman–Crippen MR) is 94.7 cm³/mol. The first-order valence-electron chi connectivity index (χ1n) is 7.80. The number of nitrogens with one attached hydrogen (secondary N) is 1. The van der Waals surface area contributed by atoms with Gasteiger partial charge in [0.25, 0.3) is 6.29 Å². The highest BCUT2D eigenvalue weighted by Crippen LogP contribution is 2.17. The summed E-state index contributed by atoms with van der Waals surface area (Å²) in [5.41, 5.74) is 0.318. The Kier molecular flexibility index (Phi) is 8.63. The van der Waals surface area contributed by atoms with E-state index in [1.807, 2.05) is 0 Å². The number of hydrogen-bond donors (Lipinski definition) is 2. The average Bonchev–Trinajstić information content (AvgIpc) is 2.58. The number of rotatable bonds is 8. The van der Waals surface area contributed by atoms with E-state index in [0.29, 0.717) is 17.3 Å². The van der Waals surface area contributed by atoms with Gasteiger partial charge in [-0.05, 0) is 23.9 Å². The summed E-state index contributed by atoms with van der Waals surface area (Å²) >= 11 is 0.575. The molecule has 0 aromatic heterocycles. The molecule has 1 amide bonds. The van der Waals surface area contributed by atoms with Crippen molar-refractivity contribution < 1.29 is 33.8 Å². The molecule has 0 aliphatic heterocycles. The minimum Gasteiger partial charge on any atom is -0.480 e. The molecular weight excluding hydrogens is 362 g/mol. The average molecular weight is 383 g/mol. The maximum Gasteiger partial charge on any atom is 0.370 e. The van der Waals surface area contributed by atoms with Crippen molar-refractivity contribution in [1.82, 2.24) is 5.32 Å². The highest BCUT2D eigenvalue weighted by Gasteiger charge is 2.26. The van der Waals surface area contributed by atoms with Crippen molar-refractivity contribution in [3.8, 4) is 0 Å². The van der Waals surface area contributed by atoms with E-state index in [2.05, 4.69) is 5.32 Å². The Morgan fingerprint density at radius 3 is 2.23 bits per heavy atom. The summed E-state index contributed by atoms with van der Waals surface area (Å²) in [5.74, 6) is -2.95. The number of thioether (sulfide) groups is 1. The third-order valence-corrected chi connectivity index (χ3v) is 3.86. The van der Waals surface area contributed by atoms with Crippen LogP contribution in [0.1, 0.15) is 31.1 Å². The minimum atomic E-state index is -1.27. The number of carbonyl (C=O) groups excluding carboxylic acids is 3. The Balaban J connectivity index is 2.60. The van der Waals surface area contributed by atoms with E-state index < -0.39 is 35.5 Å². The van der Waals surface area contributed by atoms with Crippen LogP contribution in [-0.2, 0) is 19.1 Å². The minimum absolute atomic E-state index is 0.217. The summed E-state index contributed by atoms with van der Waals surface area (Å²) in [6.07, 6.45) is -1.12. The first kappa shape index (κ1) is 21.5. The van der Waals surface area contributed by atoms with Crippen molar-refractivity contribution in [3.05, 3.63) is 35.9 Å². The van der Waals surface area contributed by atoms with Crippen LogP contribution in [0.25, 0.3) is 0 Å². The van der Waals surface area contributed by atoms with Gasteiger partial charge in [-0.3, -0.25) is 4.79 Å². The Bertz CT molecular complexity index is 648. The lowest BCUT2D eigenvalue weighted by atomic mass is 10.2. The van der Waals surface area contributed by atoms with Crippen LogP contribution in [0.3, 0.4) is 0 Å². The molecule has 8 nitrogen and oxygen atoms in total. The topological polar surface area (TPSA) is 119 Å². The number of ether oxygens (including phenoxy) is 2. The summed E-state index contributed by atoms with van der Waals surface area (Å²) in [5, 5.41) is 10.4. The Morgan fingerprint density at radius 2 is 1.73 bits per heavy atom. The highest BCUT2D eigenvalue weighted by molar-refractivity contribution is 8.13. The van der Waals surface area contributed by atoms with Crippen molar-refractivity contribution in [2.75, 3.05) is 5.75 Å². The molecule has 0 fully saturated rings. The fraction of sp³-hybridized carbons (Fsp3) is 0.412. The monoisotopic (exact) mass is 383 g/mol. The van der Waals surface area contributed by atoms with Gasteiger partial charge in [-0.15, -0.1) is 0 Å². The molecule has 0 radical (unpaired) electrons. The standard InChI is InChI=1S/C17H21NO7S/c1-10(2)16(24-15(22)12-7-5-4-6-8-12)25-17(23)26-9-13(14(20)21)18-11(3)19/h4-8,10,13,16H,9H2,1-3H3,(H,18,19)(H,20,21)/t13-,16+/m0/s1. The SMILES string of the molecule is CC(=O)N[C@@H](CSC(=O)O[C@@H](OC(=O)c1ccccc1)C(C)C)C(=O)O. The van der Waals surface area contributed by atoms with Crippen molar-refractivity contribution in [3.63, 3.8) is 0 Å². The Morgan fingerprint density at radius 1 is 1.12 bits per heavy atom. The van der Waals surface area contributed by atoms with Gasteiger partial charge in [0.1, 0.15) is 6.04 Å². The quantitative estimate of drug-likeness (QED) is 0.518. The number of hydrogen-bond acceptors (Lipinski definition) is 7. The van der Waals surface area contributed by atoms with Gasteiger partial charge in [-0.25, -0.2) is 14.4 Å². The first-order valence-corrected chi connectivity index (χ1v) is 8.78. The van der Waals surface area contributed by atoms with Crippen LogP contribution in [0.2, 0.25) is 0 Å². The molecular formula is C17H21NO7S. The molecule has 1 aromatic rings. The zero-order valence-corrected chi connectivity index (χ0v) is 15.4. The molecule has 2 N–H and O–H groups in total. The van der Waals surface area contributed by atoms with E-state index in [1.165, 1.54) is 6.92 Å². The number of benzene rings is 1. The first-order chi connectivity index (χ1) is 12.2. The van der Waals surface area contributed by atoms with Gasteiger partial charge in [-0.2, -0.15) is 0 Å².